The minimum absolute atomic E-state index is 0.0858. The quantitative estimate of drug-likeness (QED) is 0.775. The highest BCUT2D eigenvalue weighted by molar-refractivity contribution is 7.99. The number of esters is 1. The smallest absolute Gasteiger partial charge is 0.326 e. The summed E-state index contributed by atoms with van der Waals surface area (Å²) in [6.45, 7) is -0.637. The third-order valence-corrected chi connectivity index (χ3v) is 6.31. The maximum absolute atomic E-state index is 12.6. The van der Waals surface area contributed by atoms with Crippen molar-refractivity contribution < 1.29 is 22.7 Å². The molecule has 0 unspecified atom stereocenters. The van der Waals surface area contributed by atoms with Crippen LogP contribution in [-0.2, 0) is 19.6 Å². The third-order valence-electron chi connectivity index (χ3n) is 3.47. The molecule has 0 N–H and O–H groups in total. The zero-order chi connectivity index (χ0) is 17.3. The molecule has 0 fully saturated rings. The fraction of sp³-hybridized carbons (Fsp3) is 0.125. The summed E-state index contributed by atoms with van der Waals surface area (Å²) in [4.78, 5) is 25.4. The minimum Gasteiger partial charge on any atom is -0.468 e. The van der Waals surface area contributed by atoms with Crippen LogP contribution in [0.15, 0.2) is 63.2 Å². The lowest BCUT2D eigenvalue weighted by atomic mass is 10.2. The molecule has 124 valence electrons. The Labute approximate surface area is 143 Å². The lowest BCUT2D eigenvalue weighted by Gasteiger charge is -2.12. The van der Waals surface area contributed by atoms with Crippen LogP contribution < -0.4 is 0 Å². The summed E-state index contributed by atoms with van der Waals surface area (Å²) in [6.07, 6.45) is 0. The maximum Gasteiger partial charge on any atom is 0.326 e. The Bertz CT molecular complexity index is 909. The number of nitrogens with zero attached hydrogens (tertiary/aromatic N) is 1. The van der Waals surface area contributed by atoms with E-state index in [1.165, 1.54) is 17.8 Å². The van der Waals surface area contributed by atoms with Crippen molar-refractivity contribution in [3.63, 3.8) is 0 Å². The average Bonchev–Trinajstić information content (AvgIpc) is 2.77. The summed E-state index contributed by atoms with van der Waals surface area (Å²) < 4.78 is 30.1. The van der Waals surface area contributed by atoms with Crippen LogP contribution in [-0.4, -0.2) is 38.3 Å². The van der Waals surface area contributed by atoms with E-state index in [1.54, 1.807) is 12.1 Å². The van der Waals surface area contributed by atoms with E-state index in [0.717, 1.165) is 12.0 Å². The molecule has 0 bridgehead atoms. The van der Waals surface area contributed by atoms with Crippen LogP contribution >= 0.6 is 11.8 Å². The van der Waals surface area contributed by atoms with Gasteiger partial charge in [-0.25, -0.2) is 12.7 Å². The van der Waals surface area contributed by atoms with Gasteiger partial charge < -0.3 is 4.74 Å². The zero-order valence-corrected chi connectivity index (χ0v) is 14.3. The van der Waals surface area contributed by atoms with Gasteiger partial charge in [-0.2, -0.15) is 0 Å². The first kappa shape index (κ1) is 16.5. The molecule has 0 saturated carbocycles. The van der Waals surface area contributed by atoms with Gasteiger partial charge in [-0.1, -0.05) is 36.0 Å². The molecule has 3 rings (SSSR count). The van der Waals surface area contributed by atoms with E-state index in [-0.39, 0.29) is 10.5 Å². The Morgan fingerprint density at radius 3 is 2.50 bits per heavy atom. The number of carbonyl (C=O) groups is 2. The van der Waals surface area contributed by atoms with Gasteiger partial charge in [-0.3, -0.25) is 9.59 Å². The molecule has 0 atom stereocenters. The Kier molecular flexibility index (Phi) is 4.33. The molecule has 0 radical (unpaired) electrons. The number of amides is 1. The number of carbonyl (C=O) groups excluding carboxylic acids is 2. The van der Waals surface area contributed by atoms with E-state index in [1.807, 2.05) is 30.3 Å². The number of benzene rings is 2. The van der Waals surface area contributed by atoms with Crippen molar-refractivity contribution >= 4 is 33.7 Å². The van der Waals surface area contributed by atoms with E-state index in [4.69, 9.17) is 0 Å². The predicted octanol–water partition coefficient (Wildman–Crippen LogP) is 2.16. The third kappa shape index (κ3) is 2.78. The van der Waals surface area contributed by atoms with Gasteiger partial charge >= 0.3 is 5.97 Å². The second-order valence-electron chi connectivity index (χ2n) is 4.94. The number of fused-ring (bicyclic) bond motifs is 1. The van der Waals surface area contributed by atoms with Crippen molar-refractivity contribution in [2.45, 2.75) is 14.7 Å². The fourth-order valence-electron chi connectivity index (χ4n) is 2.33. The number of ether oxygens (including phenoxy) is 1. The van der Waals surface area contributed by atoms with Gasteiger partial charge in [0.15, 0.2) is 0 Å². The Hall–Kier alpha value is -2.32. The van der Waals surface area contributed by atoms with Gasteiger partial charge in [0, 0.05) is 9.79 Å². The summed E-state index contributed by atoms with van der Waals surface area (Å²) in [5.41, 5.74) is 0.0928. The summed E-state index contributed by atoms with van der Waals surface area (Å²) in [5.74, 6) is -1.51. The summed E-state index contributed by atoms with van der Waals surface area (Å²) in [6, 6.07) is 13.9. The average molecular weight is 363 g/mol. The lowest BCUT2D eigenvalue weighted by Crippen LogP contribution is -2.35. The molecular formula is C16H13NO5S2. The van der Waals surface area contributed by atoms with Gasteiger partial charge in [0.1, 0.15) is 11.4 Å². The van der Waals surface area contributed by atoms with Crippen LogP contribution in [0.25, 0.3) is 0 Å². The number of hydrogen-bond acceptors (Lipinski definition) is 6. The monoisotopic (exact) mass is 363 g/mol. The van der Waals surface area contributed by atoms with Crippen LogP contribution in [0.4, 0.5) is 0 Å². The van der Waals surface area contributed by atoms with Crippen molar-refractivity contribution in [3.05, 3.63) is 54.1 Å². The van der Waals surface area contributed by atoms with E-state index in [9.17, 15) is 18.0 Å². The molecule has 2 aromatic rings. The molecule has 0 spiro atoms. The first-order chi connectivity index (χ1) is 11.4. The summed E-state index contributed by atoms with van der Waals surface area (Å²) in [5, 5.41) is 0. The number of rotatable bonds is 4. The Morgan fingerprint density at radius 2 is 1.83 bits per heavy atom. The number of methoxy groups -OCH3 is 1. The second-order valence-corrected chi connectivity index (χ2v) is 7.88. The van der Waals surface area contributed by atoms with Gasteiger partial charge in [-0.05, 0) is 24.3 Å². The molecule has 0 aliphatic carbocycles. The summed E-state index contributed by atoms with van der Waals surface area (Å²) in [7, 11) is -2.91. The first-order valence-electron chi connectivity index (χ1n) is 6.95. The highest BCUT2D eigenvalue weighted by Gasteiger charge is 2.43. The van der Waals surface area contributed by atoms with E-state index >= 15 is 0 Å². The molecule has 24 heavy (non-hydrogen) atoms. The maximum atomic E-state index is 12.6. The summed E-state index contributed by atoms with van der Waals surface area (Å²) >= 11 is 1.30. The molecule has 1 heterocycles. The molecule has 1 aliphatic rings. The predicted molar refractivity (Wildman–Crippen MR) is 87.2 cm³/mol. The van der Waals surface area contributed by atoms with Crippen LogP contribution in [0.1, 0.15) is 10.4 Å². The van der Waals surface area contributed by atoms with Crippen LogP contribution in [0.3, 0.4) is 0 Å². The molecule has 2 aromatic carbocycles. The van der Waals surface area contributed by atoms with Crippen LogP contribution in [0.5, 0.6) is 0 Å². The first-order valence-corrected chi connectivity index (χ1v) is 9.20. The SMILES string of the molecule is COC(=O)CN1C(=O)c2c(Sc3ccccc3)cccc2S1(=O)=O. The minimum atomic E-state index is -4.05. The van der Waals surface area contributed by atoms with Crippen molar-refractivity contribution in [3.8, 4) is 0 Å². The molecule has 1 amide bonds. The Balaban J connectivity index is 2.04. The van der Waals surface area contributed by atoms with Gasteiger partial charge in [0.25, 0.3) is 15.9 Å². The number of sulfonamides is 1. The van der Waals surface area contributed by atoms with Gasteiger partial charge in [-0.15, -0.1) is 0 Å². The molecule has 0 aromatic heterocycles. The van der Waals surface area contributed by atoms with Crippen LogP contribution in [0.2, 0.25) is 0 Å². The lowest BCUT2D eigenvalue weighted by molar-refractivity contribution is -0.140. The van der Waals surface area contributed by atoms with Crippen molar-refractivity contribution in [2.24, 2.45) is 0 Å². The van der Waals surface area contributed by atoms with Crippen LogP contribution in [0, 0.1) is 0 Å². The molecule has 8 heteroatoms. The van der Waals surface area contributed by atoms with E-state index in [0.29, 0.717) is 9.20 Å². The van der Waals surface area contributed by atoms with E-state index < -0.39 is 28.4 Å². The van der Waals surface area contributed by atoms with Crippen molar-refractivity contribution in [1.29, 1.82) is 0 Å². The molecule has 0 saturated heterocycles. The van der Waals surface area contributed by atoms with Crippen molar-refractivity contribution in [2.75, 3.05) is 13.7 Å². The van der Waals surface area contributed by atoms with Gasteiger partial charge in [0.05, 0.1) is 12.7 Å². The second kappa shape index (κ2) is 6.29. The molecular weight excluding hydrogens is 350 g/mol. The highest BCUT2D eigenvalue weighted by atomic mass is 32.2. The van der Waals surface area contributed by atoms with Gasteiger partial charge in [0.2, 0.25) is 0 Å². The van der Waals surface area contributed by atoms with Crippen molar-refractivity contribution in [1.82, 2.24) is 4.31 Å². The normalized spacial score (nSPS) is 15.2. The Morgan fingerprint density at radius 1 is 1.12 bits per heavy atom. The molecule has 1 aliphatic heterocycles. The zero-order valence-electron chi connectivity index (χ0n) is 12.6. The molecule has 6 nitrogen and oxygen atoms in total. The number of hydrogen-bond donors (Lipinski definition) is 0. The van der Waals surface area contributed by atoms with E-state index in [2.05, 4.69) is 4.74 Å². The highest BCUT2D eigenvalue weighted by Crippen LogP contribution is 2.39. The topological polar surface area (TPSA) is 80.8 Å². The standard InChI is InChI=1S/C16H13NO5S2/c1-22-14(18)10-17-16(19)15-12(23-11-6-3-2-4-7-11)8-5-9-13(15)24(17,20)21/h2-9H,10H2,1H3. The fourth-order valence-corrected chi connectivity index (χ4v) is 4.91. The largest absolute Gasteiger partial charge is 0.468 e.